The molecule has 0 aliphatic rings. The summed E-state index contributed by atoms with van der Waals surface area (Å²) in [5.74, 6) is -0.0988. The maximum absolute atomic E-state index is 12.3. The van der Waals surface area contributed by atoms with Crippen molar-refractivity contribution < 1.29 is 23.7 Å². The fourth-order valence-electron chi connectivity index (χ4n) is 2.84. The van der Waals surface area contributed by atoms with E-state index < -0.39 is 0 Å². The van der Waals surface area contributed by atoms with Crippen LogP contribution in [0.15, 0.2) is 0 Å². The Morgan fingerprint density at radius 3 is 1.77 bits per heavy atom. The number of rotatable bonds is 20. The number of carbonyl (C=O) groups is 1. The average molecular weight is 446 g/mol. The monoisotopic (exact) mass is 445 g/mol. The largest absolute Gasteiger partial charge is 0.381 e. The first-order chi connectivity index (χ1) is 14.4. The first-order valence-corrected chi connectivity index (χ1v) is 12.2. The second-order valence-electron chi connectivity index (χ2n) is 10.3. The van der Waals surface area contributed by atoms with Gasteiger partial charge in [-0.3, -0.25) is 4.79 Å². The van der Waals surface area contributed by atoms with Crippen LogP contribution >= 0.6 is 0 Å². The molecule has 0 unspecified atom stereocenters. The summed E-state index contributed by atoms with van der Waals surface area (Å²) in [5, 5.41) is 3.05. The van der Waals surface area contributed by atoms with E-state index in [9.17, 15) is 4.79 Å². The highest BCUT2D eigenvalue weighted by Gasteiger charge is 2.24. The molecule has 0 saturated carbocycles. The van der Waals surface area contributed by atoms with Gasteiger partial charge in [0.1, 0.15) is 6.61 Å². The molecule has 0 radical (unpaired) electrons. The molecule has 0 rings (SSSR count). The van der Waals surface area contributed by atoms with Crippen LogP contribution in [-0.4, -0.2) is 62.3 Å². The van der Waals surface area contributed by atoms with Crippen molar-refractivity contribution in [3.05, 3.63) is 0 Å². The molecule has 6 heteroatoms. The molecule has 0 heterocycles. The summed E-state index contributed by atoms with van der Waals surface area (Å²) in [6.45, 7) is 20.1. The number of amides is 1. The summed E-state index contributed by atoms with van der Waals surface area (Å²) >= 11 is 0. The number of hydrogen-bond acceptors (Lipinski definition) is 5. The van der Waals surface area contributed by atoms with Crippen LogP contribution in [-0.2, 0) is 23.7 Å². The summed E-state index contributed by atoms with van der Waals surface area (Å²) in [7, 11) is 0. The molecule has 0 saturated heterocycles. The quantitative estimate of drug-likeness (QED) is 0.258. The lowest BCUT2D eigenvalue weighted by Gasteiger charge is -2.30. The van der Waals surface area contributed by atoms with Crippen molar-refractivity contribution >= 4 is 5.91 Å². The van der Waals surface area contributed by atoms with E-state index in [1.165, 1.54) is 0 Å². The van der Waals surface area contributed by atoms with Crippen molar-refractivity contribution in [2.75, 3.05) is 39.6 Å². The zero-order valence-electron chi connectivity index (χ0n) is 21.7. The van der Waals surface area contributed by atoms with E-state index in [4.69, 9.17) is 18.9 Å². The van der Waals surface area contributed by atoms with Crippen LogP contribution < -0.4 is 5.32 Å². The van der Waals surface area contributed by atoms with Gasteiger partial charge in [0.25, 0.3) is 0 Å². The number of ether oxygens (including phenoxy) is 4. The summed E-state index contributed by atoms with van der Waals surface area (Å²) in [6.07, 6.45) is 6.79. The first-order valence-electron chi connectivity index (χ1n) is 12.2. The zero-order valence-corrected chi connectivity index (χ0v) is 21.7. The summed E-state index contributed by atoms with van der Waals surface area (Å²) < 4.78 is 23.1. The van der Waals surface area contributed by atoms with Crippen LogP contribution in [0, 0.1) is 0 Å². The highest BCUT2D eigenvalue weighted by molar-refractivity contribution is 5.77. The molecule has 186 valence electrons. The third kappa shape index (κ3) is 18.6. The summed E-state index contributed by atoms with van der Waals surface area (Å²) in [4.78, 5) is 12.3. The average Bonchev–Trinajstić information content (AvgIpc) is 2.64. The molecule has 0 aliphatic carbocycles. The third-order valence-electron chi connectivity index (χ3n) is 5.26. The van der Waals surface area contributed by atoms with E-state index in [2.05, 4.69) is 46.9 Å². The Labute approximate surface area is 192 Å². The molecule has 0 aromatic carbocycles. The molecule has 1 amide bonds. The molecule has 6 nitrogen and oxygen atoms in total. The van der Waals surface area contributed by atoms with Crippen LogP contribution in [0.5, 0.6) is 0 Å². The number of nitrogens with one attached hydrogen (secondary N) is 1. The standard InChI is InChI=1S/C25H51NO5/c1-9-11-16-28-18-14-25(7,8)31-20-13-23(3,4)26-22(27)21-29-19-15-24(5,6)30-17-12-10-2/h9-21H2,1-8H3,(H,26,27). The van der Waals surface area contributed by atoms with Gasteiger partial charge in [-0.2, -0.15) is 0 Å². The Bertz CT molecular complexity index is 463. The van der Waals surface area contributed by atoms with Crippen LogP contribution in [0.2, 0.25) is 0 Å². The minimum absolute atomic E-state index is 0.0654. The fourth-order valence-corrected chi connectivity index (χ4v) is 2.84. The zero-order chi connectivity index (χ0) is 23.8. The maximum atomic E-state index is 12.3. The number of carbonyl (C=O) groups excluding carboxylic acids is 1. The van der Waals surface area contributed by atoms with E-state index in [0.29, 0.717) is 19.8 Å². The SMILES string of the molecule is CCCCOCCC(C)(C)OCCC(C)(C)NC(=O)COCCC(C)(C)OCCCC. The van der Waals surface area contributed by atoms with E-state index in [-0.39, 0.29) is 29.3 Å². The lowest BCUT2D eigenvalue weighted by molar-refractivity contribution is -0.128. The predicted molar refractivity (Wildman–Crippen MR) is 128 cm³/mol. The van der Waals surface area contributed by atoms with Gasteiger partial charge in [0, 0.05) is 38.6 Å². The van der Waals surface area contributed by atoms with Crippen LogP contribution in [0.1, 0.15) is 100 Å². The van der Waals surface area contributed by atoms with Gasteiger partial charge in [-0.05, 0) is 73.6 Å². The Balaban J connectivity index is 4.02. The highest BCUT2D eigenvalue weighted by atomic mass is 16.5. The summed E-state index contributed by atoms with van der Waals surface area (Å²) in [6, 6.07) is 0. The normalized spacial score (nSPS) is 12.9. The van der Waals surface area contributed by atoms with Crippen LogP contribution in [0.25, 0.3) is 0 Å². The van der Waals surface area contributed by atoms with Gasteiger partial charge in [0.05, 0.1) is 11.2 Å². The Hall–Kier alpha value is -0.690. The molecule has 0 aliphatic heterocycles. The van der Waals surface area contributed by atoms with Gasteiger partial charge in [0.2, 0.25) is 5.91 Å². The molecular weight excluding hydrogens is 394 g/mol. The van der Waals surface area contributed by atoms with Gasteiger partial charge in [-0.1, -0.05) is 26.7 Å². The Morgan fingerprint density at radius 1 is 0.677 bits per heavy atom. The maximum Gasteiger partial charge on any atom is 0.246 e. The van der Waals surface area contributed by atoms with Crippen molar-refractivity contribution in [1.29, 1.82) is 0 Å². The molecule has 0 aromatic rings. The number of unbranched alkanes of at least 4 members (excludes halogenated alkanes) is 2. The van der Waals surface area contributed by atoms with E-state index in [0.717, 1.165) is 58.2 Å². The Kier molecular flexibility index (Phi) is 15.6. The molecule has 0 atom stereocenters. The van der Waals surface area contributed by atoms with Crippen molar-refractivity contribution in [1.82, 2.24) is 5.32 Å². The minimum Gasteiger partial charge on any atom is -0.381 e. The molecule has 0 aromatic heterocycles. The lowest BCUT2D eigenvalue weighted by Crippen LogP contribution is -2.46. The highest BCUT2D eigenvalue weighted by Crippen LogP contribution is 2.18. The van der Waals surface area contributed by atoms with Gasteiger partial charge in [-0.25, -0.2) is 0 Å². The second-order valence-corrected chi connectivity index (χ2v) is 10.3. The topological polar surface area (TPSA) is 66.0 Å². The number of hydrogen-bond donors (Lipinski definition) is 1. The molecule has 31 heavy (non-hydrogen) atoms. The van der Waals surface area contributed by atoms with Crippen LogP contribution in [0.4, 0.5) is 0 Å². The third-order valence-corrected chi connectivity index (χ3v) is 5.26. The van der Waals surface area contributed by atoms with E-state index >= 15 is 0 Å². The van der Waals surface area contributed by atoms with Crippen molar-refractivity contribution in [2.24, 2.45) is 0 Å². The van der Waals surface area contributed by atoms with E-state index in [1.54, 1.807) is 0 Å². The van der Waals surface area contributed by atoms with Gasteiger partial charge >= 0.3 is 0 Å². The predicted octanol–water partition coefficient (Wildman–Crippen LogP) is 5.28. The van der Waals surface area contributed by atoms with Gasteiger partial charge in [0.15, 0.2) is 0 Å². The second kappa shape index (κ2) is 16.0. The molecule has 0 bridgehead atoms. The molecule has 0 spiro atoms. The van der Waals surface area contributed by atoms with Crippen molar-refractivity contribution in [3.8, 4) is 0 Å². The van der Waals surface area contributed by atoms with Crippen molar-refractivity contribution in [3.63, 3.8) is 0 Å². The smallest absolute Gasteiger partial charge is 0.246 e. The fraction of sp³-hybridized carbons (Fsp3) is 0.960. The van der Waals surface area contributed by atoms with Gasteiger partial charge in [-0.15, -0.1) is 0 Å². The molecule has 0 fully saturated rings. The lowest BCUT2D eigenvalue weighted by atomic mass is 10.0. The Morgan fingerprint density at radius 2 is 1.19 bits per heavy atom. The van der Waals surface area contributed by atoms with Gasteiger partial charge < -0.3 is 24.3 Å². The van der Waals surface area contributed by atoms with Crippen LogP contribution in [0.3, 0.4) is 0 Å². The van der Waals surface area contributed by atoms with Crippen molar-refractivity contribution in [2.45, 2.75) is 117 Å². The minimum atomic E-state index is -0.351. The summed E-state index contributed by atoms with van der Waals surface area (Å²) in [5.41, 5.74) is -0.811. The first kappa shape index (κ1) is 30.3. The molecule has 1 N–H and O–H groups in total. The van der Waals surface area contributed by atoms with E-state index in [1.807, 2.05) is 13.8 Å². The molecular formula is C25H51NO5.